The van der Waals surface area contributed by atoms with Crippen LogP contribution in [0.1, 0.15) is 43.2 Å². The molecule has 0 amide bonds. The van der Waals surface area contributed by atoms with Crippen molar-refractivity contribution in [1.29, 1.82) is 0 Å². The van der Waals surface area contributed by atoms with Gasteiger partial charge in [0.1, 0.15) is 11.9 Å². The van der Waals surface area contributed by atoms with E-state index in [1.54, 1.807) is 13.2 Å². The molecule has 2 N–H and O–H groups in total. The number of hydrogen-bond donors (Lipinski definition) is 2. The van der Waals surface area contributed by atoms with Crippen LogP contribution in [0.5, 0.6) is 5.75 Å². The van der Waals surface area contributed by atoms with Gasteiger partial charge in [0.05, 0.1) is 6.10 Å². The maximum atomic E-state index is 14.8. The lowest BCUT2D eigenvalue weighted by molar-refractivity contribution is -0.126. The summed E-state index contributed by atoms with van der Waals surface area (Å²) in [7, 11) is 1.68. The summed E-state index contributed by atoms with van der Waals surface area (Å²) in [5, 5.41) is 20.8. The molecule has 2 fully saturated rings. The molecule has 7 atom stereocenters. The van der Waals surface area contributed by atoms with E-state index in [0.717, 1.165) is 18.4 Å². The van der Waals surface area contributed by atoms with Gasteiger partial charge in [0.2, 0.25) is 0 Å². The number of aryl methyl sites for hydroxylation is 1. The maximum absolute atomic E-state index is 14.8. The molecule has 0 aliphatic heterocycles. The second-order valence-electron chi connectivity index (χ2n) is 8.23. The number of phenolic OH excluding ortho intramolecular Hbond substituents is 1. The normalized spacial score (nSPS) is 45.2. The molecule has 0 heterocycles. The number of rotatable bonds is 1. The number of alkyl halides is 1. The maximum Gasteiger partial charge on any atom is 0.161 e. The molecule has 2 saturated carbocycles. The van der Waals surface area contributed by atoms with Crippen molar-refractivity contribution < 1.29 is 19.3 Å². The zero-order valence-corrected chi connectivity index (χ0v) is 14.7. The number of aromatic hydroxyl groups is 1. The Hall–Kier alpha value is -1.57. The van der Waals surface area contributed by atoms with Crippen molar-refractivity contribution >= 4 is 0 Å². The highest BCUT2D eigenvalue weighted by Crippen LogP contribution is 2.65. The largest absolute Gasteiger partial charge is 0.508 e. The number of phenols is 1. The fourth-order valence-electron chi connectivity index (χ4n) is 6.07. The van der Waals surface area contributed by atoms with Gasteiger partial charge in [0, 0.05) is 18.4 Å². The highest BCUT2D eigenvalue weighted by molar-refractivity contribution is 5.42. The minimum Gasteiger partial charge on any atom is -0.508 e. The predicted molar refractivity (Wildman–Crippen MR) is 93.0 cm³/mol. The summed E-state index contributed by atoms with van der Waals surface area (Å²) in [6.07, 6.45) is 6.66. The van der Waals surface area contributed by atoms with Crippen molar-refractivity contribution in [2.75, 3.05) is 7.11 Å². The summed E-state index contributed by atoms with van der Waals surface area (Å²) in [6, 6.07) is 5.52. The number of fused-ring (bicyclic) bond motifs is 5. The van der Waals surface area contributed by atoms with E-state index in [-0.39, 0.29) is 29.6 Å². The number of methoxy groups -OCH3 is 1. The Kier molecular flexibility index (Phi) is 3.69. The van der Waals surface area contributed by atoms with E-state index in [2.05, 4.69) is 5.92 Å². The molecule has 4 rings (SSSR count). The molecule has 1 aromatic rings. The van der Waals surface area contributed by atoms with E-state index in [0.29, 0.717) is 12.8 Å². The lowest BCUT2D eigenvalue weighted by Gasteiger charge is -2.54. The summed E-state index contributed by atoms with van der Waals surface area (Å²) in [5.41, 5.74) is -0.0741. The molecule has 0 unspecified atom stereocenters. The van der Waals surface area contributed by atoms with Crippen molar-refractivity contribution in [1.82, 2.24) is 0 Å². The number of terminal acetylenes is 1. The zero-order chi connectivity index (χ0) is 18.0. The third-order valence-corrected chi connectivity index (χ3v) is 7.36. The van der Waals surface area contributed by atoms with E-state index in [4.69, 9.17) is 11.2 Å². The lowest BCUT2D eigenvalue weighted by atomic mass is 9.52. The number of halogens is 1. The van der Waals surface area contributed by atoms with Crippen LogP contribution in [0.15, 0.2) is 18.2 Å². The van der Waals surface area contributed by atoms with Crippen LogP contribution in [0.3, 0.4) is 0 Å². The molecule has 25 heavy (non-hydrogen) atoms. The van der Waals surface area contributed by atoms with Gasteiger partial charge in [-0.05, 0) is 60.8 Å². The fraction of sp³-hybridized carbons (Fsp3) is 0.619. The standard InChI is InChI=1S/C21H25FO3/c1-4-21(24)18(22)10-16-15-7-5-12-9-13(23)6-8-14(12)19(15)17(25-3)11-20(16,21)2/h1,6,8-9,15-19,23-24H,5,7,10-11H2,2-3H3/t15-,16-,17-,18+,19+,20-,21-/m0/s1/i22-1. The van der Waals surface area contributed by atoms with Gasteiger partial charge in [-0.3, -0.25) is 0 Å². The molecule has 0 radical (unpaired) electrons. The van der Waals surface area contributed by atoms with Gasteiger partial charge in [-0.15, -0.1) is 6.42 Å². The number of hydrogen-bond acceptors (Lipinski definition) is 3. The Morgan fingerprint density at radius 1 is 1.40 bits per heavy atom. The van der Waals surface area contributed by atoms with E-state index < -0.39 is 17.2 Å². The first-order valence-electron chi connectivity index (χ1n) is 9.04. The minimum atomic E-state index is -1.73. The van der Waals surface area contributed by atoms with Crippen LogP contribution >= 0.6 is 0 Å². The van der Waals surface area contributed by atoms with Crippen molar-refractivity contribution in [2.24, 2.45) is 17.3 Å². The van der Waals surface area contributed by atoms with Crippen LogP contribution in [0, 0.1) is 29.6 Å². The van der Waals surface area contributed by atoms with Crippen LogP contribution in [-0.2, 0) is 11.2 Å². The zero-order valence-electron chi connectivity index (χ0n) is 14.7. The second kappa shape index (κ2) is 5.46. The molecule has 0 spiro atoms. The Bertz CT molecular complexity index is 741. The third-order valence-electron chi connectivity index (χ3n) is 7.36. The number of benzene rings is 1. The Balaban J connectivity index is 1.81. The monoisotopic (exact) mass is 343 g/mol. The van der Waals surface area contributed by atoms with E-state index >= 15 is 0 Å². The van der Waals surface area contributed by atoms with E-state index in [1.165, 1.54) is 5.56 Å². The second-order valence-corrected chi connectivity index (χ2v) is 8.23. The number of ether oxygens (including phenoxy) is 1. The average Bonchev–Trinajstić information content (AvgIpc) is 2.81. The lowest BCUT2D eigenvalue weighted by Crippen LogP contribution is -2.56. The van der Waals surface area contributed by atoms with Gasteiger partial charge in [-0.25, -0.2) is 4.39 Å². The highest BCUT2D eigenvalue weighted by atomic mass is 18.2. The van der Waals surface area contributed by atoms with Gasteiger partial charge < -0.3 is 14.9 Å². The molecule has 3 aliphatic rings. The summed E-state index contributed by atoms with van der Waals surface area (Å²) in [4.78, 5) is 0. The molecule has 0 saturated heterocycles. The van der Waals surface area contributed by atoms with Crippen molar-refractivity contribution in [3.05, 3.63) is 29.3 Å². The molecule has 1 aromatic carbocycles. The fourth-order valence-corrected chi connectivity index (χ4v) is 6.07. The number of aliphatic hydroxyl groups is 1. The Morgan fingerprint density at radius 3 is 2.84 bits per heavy atom. The van der Waals surface area contributed by atoms with Crippen LogP contribution in [0.2, 0.25) is 0 Å². The van der Waals surface area contributed by atoms with Gasteiger partial charge in [-0.2, -0.15) is 0 Å². The van der Waals surface area contributed by atoms with Crippen LogP contribution in [0.4, 0.5) is 4.39 Å². The smallest absolute Gasteiger partial charge is 0.161 e. The topological polar surface area (TPSA) is 49.7 Å². The average molecular weight is 343 g/mol. The van der Waals surface area contributed by atoms with Crippen molar-refractivity contribution in [3.8, 4) is 18.1 Å². The molecule has 134 valence electrons. The van der Waals surface area contributed by atoms with Crippen LogP contribution in [-0.4, -0.2) is 35.2 Å². The minimum absolute atomic E-state index is 0.0295. The molecule has 3 aliphatic carbocycles. The first-order chi connectivity index (χ1) is 11.9. The molecule has 0 aromatic heterocycles. The SMILES string of the molecule is C#C[C@]1(O)[C@H]([18F])C[C@H]2[C@@H]3CCc4cc(O)ccc4[C@H]3[C@@H](OC)C[C@@]21C. The van der Waals surface area contributed by atoms with Crippen LogP contribution in [0.25, 0.3) is 0 Å². The molecule has 0 bridgehead atoms. The van der Waals surface area contributed by atoms with Crippen LogP contribution < -0.4 is 0 Å². The van der Waals surface area contributed by atoms with Gasteiger partial charge in [-0.1, -0.05) is 18.9 Å². The quantitative estimate of drug-likeness (QED) is 0.770. The first kappa shape index (κ1) is 16.9. The molecular weight excluding hydrogens is 318 g/mol. The predicted octanol–water partition coefficient (Wildman–Crippen LogP) is 3.19. The van der Waals surface area contributed by atoms with E-state index in [1.807, 2.05) is 19.1 Å². The van der Waals surface area contributed by atoms with Crippen molar-refractivity contribution in [3.63, 3.8) is 0 Å². The Labute approximate surface area is 148 Å². The first-order valence-corrected chi connectivity index (χ1v) is 9.04. The van der Waals surface area contributed by atoms with Gasteiger partial charge in [0.25, 0.3) is 0 Å². The summed E-state index contributed by atoms with van der Waals surface area (Å²) < 4.78 is 20.6. The summed E-state index contributed by atoms with van der Waals surface area (Å²) >= 11 is 0. The molecule has 4 heteroatoms. The van der Waals surface area contributed by atoms with E-state index in [9.17, 15) is 14.6 Å². The molecule has 3 nitrogen and oxygen atoms in total. The third kappa shape index (κ3) is 2.06. The summed E-state index contributed by atoms with van der Waals surface area (Å²) in [5.74, 6) is 3.07. The highest BCUT2D eigenvalue weighted by Gasteiger charge is 2.68. The van der Waals surface area contributed by atoms with Gasteiger partial charge >= 0.3 is 0 Å². The summed E-state index contributed by atoms with van der Waals surface area (Å²) in [6.45, 7) is 1.94. The van der Waals surface area contributed by atoms with Gasteiger partial charge in [0.15, 0.2) is 5.60 Å². The molecular formula is C21H25FO3. The van der Waals surface area contributed by atoms with Crippen molar-refractivity contribution in [2.45, 2.75) is 56.4 Å². The Morgan fingerprint density at radius 2 is 2.16 bits per heavy atom.